The maximum absolute atomic E-state index is 12.1. The number of aromatic nitrogens is 2. The monoisotopic (exact) mass is 222 g/mol. The van der Waals surface area contributed by atoms with E-state index in [1.807, 2.05) is 0 Å². The van der Waals surface area contributed by atoms with Crippen LogP contribution in [0, 0.1) is 0 Å². The van der Waals surface area contributed by atoms with Gasteiger partial charge < -0.3 is 4.42 Å². The van der Waals surface area contributed by atoms with Crippen LogP contribution >= 0.6 is 11.6 Å². The maximum Gasteiger partial charge on any atom is 0.469 e. The molecule has 0 atom stereocenters. The highest BCUT2D eigenvalue weighted by molar-refractivity contribution is 6.29. The molecule has 0 aromatic carbocycles. The summed E-state index contributed by atoms with van der Waals surface area (Å²) in [5.41, 5.74) is -0.188. The second-order valence-corrected chi connectivity index (χ2v) is 2.86. The van der Waals surface area contributed by atoms with Crippen LogP contribution in [0.1, 0.15) is 5.89 Å². The molecular formula is C7H2ClF3N2O. The van der Waals surface area contributed by atoms with Crippen molar-refractivity contribution in [2.45, 2.75) is 6.18 Å². The molecule has 0 amide bonds. The van der Waals surface area contributed by atoms with Crippen molar-refractivity contribution in [3.63, 3.8) is 0 Å². The summed E-state index contributed by atoms with van der Waals surface area (Å²) in [5.74, 6) is -1.32. The van der Waals surface area contributed by atoms with Crippen LogP contribution in [0.4, 0.5) is 13.2 Å². The van der Waals surface area contributed by atoms with Crippen LogP contribution < -0.4 is 0 Å². The van der Waals surface area contributed by atoms with Crippen molar-refractivity contribution in [1.82, 2.24) is 9.97 Å². The van der Waals surface area contributed by atoms with Gasteiger partial charge in [0.2, 0.25) is 5.65 Å². The molecule has 14 heavy (non-hydrogen) atoms. The van der Waals surface area contributed by atoms with Crippen molar-refractivity contribution in [3.05, 3.63) is 23.2 Å². The largest absolute Gasteiger partial charge is 0.469 e. The molecule has 0 aliphatic carbocycles. The topological polar surface area (TPSA) is 38.9 Å². The standard InChI is InChI=1S/C7H2ClF3N2O/c8-4-2-1-3-5(12-4)13-6(14-3)7(9,10)11/h1-2H. The molecule has 3 nitrogen and oxygen atoms in total. The molecule has 0 N–H and O–H groups in total. The molecule has 0 aliphatic rings. The zero-order valence-electron chi connectivity index (χ0n) is 6.47. The molecule has 74 valence electrons. The Morgan fingerprint density at radius 2 is 1.93 bits per heavy atom. The Morgan fingerprint density at radius 3 is 2.57 bits per heavy atom. The third-order valence-corrected chi connectivity index (χ3v) is 1.67. The van der Waals surface area contributed by atoms with Crippen LogP contribution in [0.15, 0.2) is 16.5 Å². The van der Waals surface area contributed by atoms with E-state index in [1.54, 1.807) is 0 Å². The quantitative estimate of drug-likeness (QED) is 0.644. The van der Waals surface area contributed by atoms with Gasteiger partial charge in [0.15, 0.2) is 5.58 Å². The summed E-state index contributed by atoms with van der Waals surface area (Å²) in [6.45, 7) is 0. The molecular weight excluding hydrogens is 221 g/mol. The van der Waals surface area contributed by atoms with E-state index in [4.69, 9.17) is 11.6 Å². The minimum Gasteiger partial charge on any atom is -0.431 e. The number of nitrogens with zero attached hydrogens (tertiary/aromatic N) is 2. The van der Waals surface area contributed by atoms with E-state index in [1.165, 1.54) is 12.1 Å². The molecule has 0 spiro atoms. The molecule has 2 aromatic rings. The Morgan fingerprint density at radius 1 is 1.21 bits per heavy atom. The zero-order chi connectivity index (χ0) is 10.3. The average Bonchev–Trinajstić information content (AvgIpc) is 2.45. The number of hydrogen-bond acceptors (Lipinski definition) is 3. The van der Waals surface area contributed by atoms with Crippen molar-refractivity contribution >= 4 is 22.8 Å². The first-order chi connectivity index (χ1) is 6.47. The molecule has 0 saturated carbocycles. The van der Waals surface area contributed by atoms with Crippen molar-refractivity contribution < 1.29 is 17.6 Å². The minimum atomic E-state index is -4.60. The number of halogens is 4. The van der Waals surface area contributed by atoms with Crippen LogP contribution in [0.25, 0.3) is 11.2 Å². The fourth-order valence-corrected chi connectivity index (χ4v) is 1.06. The Hall–Kier alpha value is -1.30. The van der Waals surface area contributed by atoms with Crippen LogP contribution in [0.3, 0.4) is 0 Å². The summed E-state index contributed by atoms with van der Waals surface area (Å²) in [7, 11) is 0. The molecule has 0 saturated heterocycles. The van der Waals surface area contributed by atoms with Crippen LogP contribution in [-0.2, 0) is 6.18 Å². The second kappa shape index (κ2) is 2.84. The highest BCUT2D eigenvalue weighted by atomic mass is 35.5. The van der Waals surface area contributed by atoms with Gasteiger partial charge >= 0.3 is 12.1 Å². The zero-order valence-corrected chi connectivity index (χ0v) is 7.23. The molecule has 2 rings (SSSR count). The van der Waals surface area contributed by atoms with Gasteiger partial charge in [0.05, 0.1) is 0 Å². The van der Waals surface area contributed by atoms with E-state index in [9.17, 15) is 13.2 Å². The second-order valence-electron chi connectivity index (χ2n) is 2.47. The Labute approximate surface area is 80.5 Å². The maximum atomic E-state index is 12.1. The van der Waals surface area contributed by atoms with Gasteiger partial charge in [-0.15, -0.1) is 0 Å². The van der Waals surface area contributed by atoms with Gasteiger partial charge in [0.1, 0.15) is 5.15 Å². The van der Waals surface area contributed by atoms with Gasteiger partial charge in [0.25, 0.3) is 0 Å². The van der Waals surface area contributed by atoms with E-state index >= 15 is 0 Å². The molecule has 0 unspecified atom stereocenters. The predicted molar refractivity (Wildman–Crippen MR) is 41.8 cm³/mol. The number of alkyl halides is 3. The highest BCUT2D eigenvalue weighted by Gasteiger charge is 2.37. The van der Waals surface area contributed by atoms with E-state index in [-0.39, 0.29) is 16.4 Å². The first-order valence-electron chi connectivity index (χ1n) is 3.47. The van der Waals surface area contributed by atoms with Gasteiger partial charge in [0, 0.05) is 0 Å². The lowest BCUT2D eigenvalue weighted by Gasteiger charge is -1.96. The van der Waals surface area contributed by atoms with Crippen molar-refractivity contribution in [1.29, 1.82) is 0 Å². The number of fused-ring (bicyclic) bond motifs is 1. The first-order valence-corrected chi connectivity index (χ1v) is 3.85. The highest BCUT2D eigenvalue weighted by Crippen LogP contribution is 2.30. The predicted octanol–water partition coefficient (Wildman–Crippen LogP) is 2.90. The third kappa shape index (κ3) is 1.52. The Kier molecular flexibility index (Phi) is 1.88. The van der Waals surface area contributed by atoms with Gasteiger partial charge in [-0.25, -0.2) is 4.98 Å². The molecule has 0 fully saturated rings. The van der Waals surface area contributed by atoms with Gasteiger partial charge in [-0.1, -0.05) is 11.6 Å². The fraction of sp³-hybridized carbons (Fsp3) is 0.143. The number of oxazole rings is 1. The molecule has 0 radical (unpaired) electrons. The van der Waals surface area contributed by atoms with Gasteiger partial charge in [-0.05, 0) is 12.1 Å². The van der Waals surface area contributed by atoms with Crippen LogP contribution in [0.2, 0.25) is 5.15 Å². The minimum absolute atomic E-state index is 0.0401. The average molecular weight is 223 g/mol. The molecule has 2 aromatic heterocycles. The van der Waals surface area contributed by atoms with Crippen molar-refractivity contribution in [3.8, 4) is 0 Å². The first kappa shape index (κ1) is 9.26. The van der Waals surface area contributed by atoms with Crippen molar-refractivity contribution in [2.24, 2.45) is 0 Å². The van der Waals surface area contributed by atoms with E-state index in [0.717, 1.165) is 0 Å². The Balaban J connectivity index is 2.63. The molecule has 0 bridgehead atoms. The summed E-state index contributed by atoms with van der Waals surface area (Å²) in [6, 6.07) is 2.61. The number of rotatable bonds is 0. The number of hydrogen-bond donors (Lipinski definition) is 0. The lowest BCUT2D eigenvalue weighted by Crippen LogP contribution is -2.04. The van der Waals surface area contributed by atoms with E-state index < -0.39 is 12.1 Å². The molecule has 7 heteroatoms. The lowest BCUT2D eigenvalue weighted by molar-refractivity contribution is -0.156. The number of pyridine rings is 1. The summed E-state index contributed by atoms with van der Waals surface area (Å²) >= 11 is 5.47. The summed E-state index contributed by atoms with van der Waals surface area (Å²) in [4.78, 5) is 6.73. The third-order valence-electron chi connectivity index (χ3n) is 1.46. The smallest absolute Gasteiger partial charge is 0.431 e. The molecule has 0 aliphatic heterocycles. The van der Waals surface area contributed by atoms with E-state index in [2.05, 4.69) is 14.4 Å². The SMILES string of the molecule is FC(F)(F)c1nc2nc(Cl)ccc2o1. The van der Waals surface area contributed by atoms with Gasteiger partial charge in [-0.3, -0.25) is 0 Å². The van der Waals surface area contributed by atoms with E-state index in [0.29, 0.717) is 0 Å². The summed E-state index contributed by atoms with van der Waals surface area (Å²) in [5, 5.41) is 0.0690. The fourth-order valence-electron chi connectivity index (χ4n) is 0.917. The van der Waals surface area contributed by atoms with Crippen LogP contribution in [0.5, 0.6) is 0 Å². The summed E-state index contributed by atoms with van der Waals surface area (Å²) < 4.78 is 40.8. The van der Waals surface area contributed by atoms with Gasteiger partial charge in [-0.2, -0.15) is 18.2 Å². The van der Waals surface area contributed by atoms with Crippen LogP contribution in [-0.4, -0.2) is 9.97 Å². The lowest BCUT2D eigenvalue weighted by atomic mass is 10.5. The van der Waals surface area contributed by atoms with Crippen molar-refractivity contribution in [2.75, 3.05) is 0 Å². The summed E-state index contributed by atoms with van der Waals surface area (Å²) in [6.07, 6.45) is -4.60. The molecule has 2 heterocycles. The normalized spacial score (nSPS) is 12.3. The Bertz CT molecular complexity index is 479.